The average molecular weight is 156 g/mol. The van der Waals surface area contributed by atoms with E-state index < -0.39 is 0 Å². The third kappa shape index (κ3) is 2.19. The molecular weight excluding hydrogens is 142 g/mol. The number of rotatable bonds is 1. The van der Waals surface area contributed by atoms with Crippen LogP contribution in [0.15, 0.2) is 0 Å². The number of methoxy groups -OCH3 is 1. The monoisotopic (exact) mass is 156 g/mol. The number of hydrogen-bond acceptors (Lipinski definition) is 2. The molecule has 1 fully saturated rings. The molecule has 0 atom stereocenters. The highest BCUT2D eigenvalue weighted by atomic mass is 16.5. The first kappa shape index (κ1) is 8.53. The summed E-state index contributed by atoms with van der Waals surface area (Å²) in [5.41, 5.74) is 0. The van der Waals surface area contributed by atoms with Crippen LogP contribution in [0.5, 0.6) is 0 Å². The molecule has 0 bridgehead atoms. The number of hydrogen-bond donors (Lipinski definition) is 0. The quantitative estimate of drug-likeness (QED) is 0.552. The highest BCUT2D eigenvalue weighted by molar-refractivity contribution is 5.80. The van der Waals surface area contributed by atoms with Crippen molar-refractivity contribution in [2.45, 2.75) is 18.9 Å². The fourth-order valence-electron chi connectivity index (χ4n) is 1.34. The lowest BCUT2D eigenvalue weighted by Crippen LogP contribution is -2.39. The fourth-order valence-corrected chi connectivity index (χ4v) is 1.34. The molecule has 1 amide bonds. The number of amides is 1. The molecule has 1 rings (SSSR count). The van der Waals surface area contributed by atoms with E-state index in [2.05, 4.69) is 6.92 Å². The lowest BCUT2D eigenvalue weighted by Gasteiger charge is -2.30. The summed E-state index contributed by atoms with van der Waals surface area (Å²) in [4.78, 5) is 12.5. The molecule has 3 nitrogen and oxygen atoms in total. The van der Waals surface area contributed by atoms with Crippen molar-refractivity contribution < 1.29 is 9.53 Å². The number of nitrogens with zero attached hydrogens (tertiary/aromatic N) is 1. The maximum atomic E-state index is 10.8. The molecule has 0 aliphatic carbocycles. The van der Waals surface area contributed by atoms with Gasteiger partial charge in [-0.05, 0) is 12.8 Å². The number of likely N-dealkylation sites (tertiary alicyclic amines) is 1. The first-order valence-corrected chi connectivity index (χ1v) is 3.87. The van der Waals surface area contributed by atoms with Crippen LogP contribution < -0.4 is 0 Å². The zero-order chi connectivity index (χ0) is 8.27. The average Bonchev–Trinajstić information content (AvgIpc) is 2.05. The van der Waals surface area contributed by atoms with E-state index in [1.165, 1.54) is 0 Å². The number of carbonyl (C=O) groups is 1. The normalized spacial score (nSPS) is 20.4. The number of carbonyl (C=O) groups excluding carboxylic acids is 1. The minimum absolute atomic E-state index is 0.0699. The molecule has 0 aromatic carbocycles. The molecule has 1 aliphatic heterocycles. The van der Waals surface area contributed by atoms with Gasteiger partial charge in [0.1, 0.15) is 0 Å². The van der Waals surface area contributed by atoms with Gasteiger partial charge in [-0.3, -0.25) is 4.79 Å². The minimum Gasteiger partial charge on any atom is -0.381 e. The van der Waals surface area contributed by atoms with Gasteiger partial charge in [0.05, 0.1) is 6.10 Å². The molecule has 0 aromatic rings. The minimum atomic E-state index is -0.0699. The summed E-state index contributed by atoms with van der Waals surface area (Å²) >= 11 is 0. The van der Waals surface area contributed by atoms with Gasteiger partial charge in [-0.15, -0.1) is 0 Å². The summed E-state index contributed by atoms with van der Waals surface area (Å²) in [5.74, 6) is -0.0699. The van der Waals surface area contributed by atoms with Gasteiger partial charge in [0.15, 0.2) is 0 Å². The third-order valence-electron chi connectivity index (χ3n) is 2.13. The van der Waals surface area contributed by atoms with E-state index in [9.17, 15) is 4.79 Å². The highest BCUT2D eigenvalue weighted by Crippen LogP contribution is 2.12. The Hall–Kier alpha value is -0.570. The molecule has 1 heterocycles. The molecule has 1 aliphatic rings. The van der Waals surface area contributed by atoms with Crippen molar-refractivity contribution in [1.82, 2.24) is 4.90 Å². The molecule has 1 radical (unpaired) electrons. The Morgan fingerprint density at radius 1 is 1.55 bits per heavy atom. The van der Waals surface area contributed by atoms with Crippen molar-refractivity contribution in [1.29, 1.82) is 0 Å². The Morgan fingerprint density at radius 2 is 2.09 bits per heavy atom. The van der Waals surface area contributed by atoms with Crippen molar-refractivity contribution in [3.63, 3.8) is 0 Å². The van der Waals surface area contributed by atoms with Gasteiger partial charge in [-0.25, -0.2) is 0 Å². The van der Waals surface area contributed by atoms with Crippen LogP contribution in [0, 0.1) is 6.92 Å². The van der Waals surface area contributed by atoms with Gasteiger partial charge >= 0.3 is 0 Å². The largest absolute Gasteiger partial charge is 0.381 e. The zero-order valence-corrected chi connectivity index (χ0v) is 6.88. The second kappa shape index (κ2) is 3.72. The van der Waals surface area contributed by atoms with Crippen molar-refractivity contribution in [3.05, 3.63) is 6.92 Å². The summed E-state index contributed by atoms with van der Waals surface area (Å²) < 4.78 is 5.16. The van der Waals surface area contributed by atoms with Gasteiger partial charge in [0, 0.05) is 27.1 Å². The van der Waals surface area contributed by atoms with Crippen LogP contribution >= 0.6 is 0 Å². The number of ether oxygens (including phenoxy) is 1. The van der Waals surface area contributed by atoms with Gasteiger partial charge in [0.25, 0.3) is 0 Å². The maximum absolute atomic E-state index is 10.8. The predicted molar refractivity (Wildman–Crippen MR) is 42.0 cm³/mol. The van der Waals surface area contributed by atoms with E-state index in [1.54, 1.807) is 12.0 Å². The molecule has 0 unspecified atom stereocenters. The van der Waals surface area contributed by atoms with Crippen LogP contribution in [0.1, 0.15) is 12.8 Å². The zero-order valence-electron chi connectivity index (χ0n) is 6.88. The molecule has 11 heavy (non-hydrogen) atoms. The smallest absolute Gasteiger partial charge is 0.223 e. The summed E-state index contributed by atoms with van der Waals surface area (Å²) in [7, 11) is 1.71. The Balaban J connectivity index is 2.30. The topological polar surface area (TPSA) is 29.5 Å². The van der Waals surface area contributed by atoms with Crippen LogP contribution in [0.3, 0.4) is 0 Å². The molecule has 0 spiro atoms. The van der Waals surface area contributed by atoms with E-state index in [1.807, 2.05) is 0 Å². The lowest BCUT2D eigenvalue weighted by atomic mass is 10.1. The Kier molecular flexibility index (Phi) is 2.88. The first-order valence-electron chi connectivity index (χ1n) is 3.87. The molecule has 1 saturated heterocycles. The highest BCUT2D eigenvalue weighted by Gasteiger charge is 2.19. The second-order valence-electron chi connectivity index (χ2n) is 2.82. The van der Waals surface area contributed by atoms with E-state index in [-0.39, 0.29) is 5.91 Å². The summed E-state index contributed by atoms with van der Waals surface area (Å²) in [6.45, 7) is 4.94. The summed E-state index contributed by atoms with van der Waals surface area (Å²) in [5, 5.41) is 0. The van der Waals surface area contributed by atoms with Gasteiger partial charge in [-0.1, -0.05) is 0 Å². The Bertz CT molecular complexity index is 139. The maximum Gasteiger partial charge on any atom is 0.223 e. The van der Waals surface area contributed by atoms with E-state index in [0.717, 1.165) is 25.9 Å². The first-order chi connectivity index (χ1) is 5.24. The third-order valence-corrected chi connectivity index (χ3v) is 2.13. The second-order valence-corrected chi connectivity index (χ2v) is 2.82. The molecule has 63 valence electrons. The predicted octanol–water partition coefficient (Wildman–Crippen LogP) is 0.458. The van der Waals surface area contributed by atoms with Crippen molar-refractivity contribution >= 4 is 5.91 Å². The molecule has 0 aromatic heterocycles. The van der Waals surface area contributed by atoms with Gasteiger partial charge < -0.3 is 9.64 Å². The molecular formula is C8H14NO2. The van der Waals surface area contributed by atoms with E-state index >= 15 is 0 Å². The number of piperidine rings is 1. The van der Waals surface area contributed by atoms with Crippen LogP contribution in [0.2, 0.25) is 0 Å². The molecule has 0 saturated carbocycles. The van der Waals surface area contributed by atoms with Crippen molar-refractivity contribution in [2.24, 2.45) is 0 Å². The molecule has 3 heteroatoms. The lowest BCUT2D eigenvalue weighted by molar-refractivity contribution is -0.128. The van der Waals surface area contributed by atoms with Crippen LogP contribution in [0.4, 0.5) is 0 Å². The van der Waals surface area contributed by atoms with Crippen LogP contribution in [-0.4, -0.2) is 37.1 Å². The van der Waals surface area contributed by atoms with Crippen LogP contribution in [0.25, 0.3) is 0 Å². The Morgan fingerprint density at radius 3 is 2.45 bits per heavy atom. The van der Waals surface area contributed by atoms with Crippen molar-refractivity contribution in [3.8, 4) is 0 Å². The van der Waals surface area contributed by atoms with Gasteiger partial charge in [0.2, 0.25) is 5.91 Å². The SMILES string of the molecule is [CH2]C(=O)N1CCC(OC)CC1. The van der Waals surface area contributed by atoms with Crippen LogP contribution in [-0.2, 0) is 9.53 Å². The fraction of sp³-hybridized carbons (Fsp3) is 0.750. The molecule has 0 N–H and O–H groups in total. The summed E-state index contributed by atoms with van der Waals surface area (Å²) in [6.07, 6.45) is 2.22. The van der Waals surface area contributed by atoms with Gasteiger partial charge in [-0.2, -0.15) is 0 Å². The van der Waals surface area contributed by atoms with Crippen molar-refractivity contribution in [2.75, 3.05) is 20.2 Å². The van der Waals surface area contributed by atoms with E-state index in [0.29, 0.717) is 6.10 Å². The standard InChI is InChI=1S/C8H14NO2/c1-7(10)9-5-3-8(11-2)4-6-9/h8H,1,3-6H2,2H3. The Labute approximate surface area is 67.3 Å². The van der Waals surface area contributed by atoms with E-state index in [4.69, 9.17) is 4.74 Å². The summed E-state index contributed by atoms with van der Waals surface area (Å²) in [6, 6.07) is 0.